The zero-order chi connectivity index (χ0) is 15.0. The van der Waals surface area contributed by atoms with Crippen molar-refractivity contribution in [3.8, 4) is 0 Å². The highest BCUT2D eigenvalue weighted by molar-refractivity contribution is 9.10. The van der Waals surface area contributed by atoms with Gasteiger partial charge in [-0.15, -0.1) is 0 Å². The Hall–Kier alpha value is -0.640. The third-order valence-corrected chi connectivity index (χ3v) is 5.72. The van der Waals surface area contributed by atoms with Crippen LogP contribution in [0.1, 0.15) is 5.56 Å². The van der Waals surface area contributed by atoms with Crippen LogP contribution in [0.3, 0.4) is 0 Å². The van der Waals surface area contributed by atoms with Gasteiger partial charge < -0.3 is 4.74 Å². The molecule has 0 aromatic heterocycles. The molecule has 1 aromatic carbocycles. The second-order valence-corrected chi connectivity index (χ2v) is 6.92. The molecule has 1 aliphatic rings. The minimum Gasteiger partial charge on any atom is -0.379 e. The Kier molecular flexibility index (Phi) is 4.43. The summed E-state index contributed by atoms with van der Waals surface area (Å²) in [6, 6.07) is 2.50. The average molecular weight is 374 g/mol. The molecular weight excluding hydrogens is 363 g/mol. The van der Waals surface area contributed by atoms with E-state index < -0.39 is 21.8 Å². The number of hydrogen-bond donors (Lipinski definition) is 0. The first kappa shape index (κ1) is 15.7. The number of ether oxygens (including phenoxy) is 1. The average Bonchev–Trinajstić information content (AvgIpc) is 2.38. The van der Waals surface area contributed by atoms with Gasteiger partial charge in [-0.3, -0.25) is 0 Å². The molecule has 0 saturated carbocycles. The molecule has 1 aromatic rings. The molecule has 0 spiro atoms. The molecule has 1 fully saturated rings. The Morgan fingerprint density at radius 1 is 1.20 bits per heavy atom. The van der Waals surface area contributed by atoms with E-state index in [0.717, 1.165) is 18.2 Å². The maximum atomic E-state index is 12.6. The molecule has 9 heteroatoms. The number of alkyl halides is 3. The highest BCUT2D eigenvalue weighted by Gasteiger charge is 2.33. The number of morpholine rings is 1. The summed E-state index contributed by atoms with van der Waals surface area (Å²) in [5.41, 5.74) is -0.898. The minimum atomic E-state index is -4.51. The van der Waals surface area contributed by atoms with Gasteiger partial charge in [0.2, 0.25) is 10.0 Å². The molecule has 112 valence electrons. The number of hydrogen-bond acceptors (Lipinski definition) is 3. The van der Waals surface area contributed by atoms with Crippen molar-refractivity contribution in [1.82, 2.24) is 4.31 Å². The second kappa shape index (κ2) is 5.63. The van der Waals surface area contributed by atoms with Crippen LogP contribution in [0.4, 0.5) is 13.2 Å². The SMILES string of the molecule is O=S(=O)(c1ccc(C(F)(F)F)cc1Br)N1CCOCC1. The van der Waals surface area contributed by atoms with Crippen molar-refractivity contribution < 1.29 is 26.3 Å². The number of halogens is 4. The first-order valence-corrected chi connectivity index (χ1v) is 7.91. The van der Waals surface area contributed by atoms with Gasteiger partial charge in [0.1, 0.15) is 0 Å². The van der Waals surface area contributed by atoms with Gasteiger partial charge >= 0.3 is 6.18 Å². The topological polar surface area (TPSA) is 46.6 Å². The number of nitrogens with zero attached hydrogens (tertiary/aromatic N) is 1. The summed E-state index contributed by atoms with van der Waals surface area (Å²) >= 11 is 2.90. The zero-order valence-electron chi connectivity index (χ0n) is 10.2. The fraction of sp³-hybridized carbons (Fsp3) is 0.455. The molecule has 0 N–H and O–H groups in total. The molecule has 4 nitrogen and oxygen atoms in total. The predicted molar refractivity (Wildman–Crippen MR) is 68.7 cm³/mol. The van der Waals surface area contributed by atoms with Crippen LogP contribution in [0.25, 0.3) is 0 Å². The van der Waals surface area contributed by atoms with Gasteiger partial charge in [-0.2, -0.15) is 17.5 Å². The van der Waals surface area contributed by atoms with Crippen LogP contribution in [0, 0.1) is 0 Å². The van der Waals surface area contributed by atoms with Gasteiger partial charge in [0.15, 0.2) is 0 Å². The van der Waals surface area contributed by atoms with Gasteiger partial charge in [-0.1, -0.05) is 0 Å². The lowest BCUT2D eigenvalue weighted by atomic mass is 10.2. The summed E-state index contributed by atoms with van der Waals surface area (Å²) in [5, 5.41) is 0. The van der Waals surface area contributed by atoms with Crippen LogP contribution in [-0.4, -0.2) is 39.0 Å². The summed E-state index contributed by atoms with van der Waals surface area (Å²) < 4.78 is 68.5. The number of sulfonamides is 1. The predicted octanol–water partition coefficient (Wildman–Crippen LogP) is 2.49. The standard InChI is InChI=1S/C11H11BrF3NO3S/c12-9-7-8(11(13,14)15)1-2-10(9)20(17,18)16-3-5-19-6-4-16/h1-2,7H,3-6H2. The first-order valence-electron chi connectivity index (χ1n) is 5.67. The van der Waals surface area contributed by atoms with Crippen molar-refractivity contribution in [3.63, 3.8) is 0 Å². The molecule has 1 heterocycles. The van der Waals surface area contributed by atoms with E-state index in [-0.39, 0.29) is 35.7 Å². The Bertz CT molecular complexity index is 597. The van der Waals surface area contributed by atoms with E-state index in [1.165, 1.54) is 4.31 Å². The normalized spacial score (nSPS) is 18.2. The van der Waals surface area contributed by atoms with Crippen molar-refractivity contribution in [3.05, 3.63) is 28.2 Å². The summed E-state index contributed by atoms with van der Waals surface area (Å²) in [4.78, 5) is -0.174. The zero-order valence-corrected chi connectivity index (χ0v) is 12.6. The van der Waals surface area contributed by atoms with Gasteiger partial charge in [-0.05, 0) is 34.1 Å². The Labute approximate surface area is 122 Å². The number of rotatable bonds is 2. The smallest absolute Gasteiger partial charge is 0.379 e. The van der Waals surface area contributed by atoms with Crippen molar-refractivity contribution >= 4 is 26.0 Å². The van der Waals surface area contributed by atoms with E-state index in [2.05, 4.69) is 15.9 Å². The van der Waals surface area contributed by atoms with Gasteiger partial charge in [-0.25, -0.2) is 8.42 Å². The largest absolute Gasteiger partial charge is 0.416 e. The third-order valence-electron chi connectivity index (χ3n) is 2.85. The lowest BCUT2D eigenvalue weighted by Gasteiger charge is -2.26. The van der Waals surface area contributed by atoms with Crippen LogP contribution in [-0.2, 0) is 20.9 Å². The van der Waals surface area contributed by atoms with Gasteiger partial charge in [0.05, 0.1) is 23.7 Å². The lowest BCUT2D eigenvalue weighted by molar-refractivity contribution is -0.137. The quantitative estimate of drug-likeness (QED) is 0.799. The summed E-state index contributed by atoms with van der Waals surface area (Å²) in [6.07, 6.45) is -4.51. The molecule has 20 heavy (non-hydrogen) atoms. The van der Waals surface area contributed by atoms with E-state index in [9.17, 15) is 21.6 Å². The van der Waals surface area contributed by atoms with Crippen LogP contribution in [0.2, 0.25) is 0 Å². The third kappa shape index (κ3) is 3.16. The van der Waals surface area contributed by atoms with Crippen LogP contribution in [0.5, 0.6) is 0 Å². The highest BCUT2D eigenvalue weighted by atomic mass is 79.9. The van der Waals surface area contributed by atoms with E-state index in [1.807, 2.05) is 0 Å². The molecule has 0 aliphatic carbocycles. The molecule has 1 saturated heterocycles. The van der Waals surface area contributed by atoms with Gasteiger partial charge in [0, 0.05) is 17.6 Å². The lowest BCUT2D eigenvalue weighted by Crippen LogP contribution is -2.40. The molecule has 1 aliphatic heterocycles. The minimum absolute atomic E-state index is 0.0983. The summed E-state index contributed by atoms with van der Waals surface area (Å²) in [6.45, 7) is 0.931. The van der Waals surface area contributed by atoms with Crippen LogP contribution in [0.15, 0.2) is 27.6 Å². The monoisotopic (exact) mass is 373 g/mol. The molecule has 0 amide bonds. The molecule has 0 atom stereocenters. The summed E-state index contributed by atoms with van der Waals surface area (Å²) in [5.74, 6) is 0. The molecular formula is C11H11BrF3NO3S. The highest BCUT2D eigenvalue weighted by Crippen LogP contribution is 2.34. The van der Waals surface area contributed by atoms with Crippen molar-refractivity contribution in [2.75, 3.05) is 26.3 Å². The Balaban J connectivity index is 2.37. The van der Waals surface area contributed by atoms with Crippen LogP contribution >= 0.6 is 15.9 Å². The second-order valence-electron chi connectivity index (χ2n) is 4.16. The van der Waals surface area contributed by atoms with E-state index in [0.29, 0.717) is 0 Å². The molecule has 0 bridgehead atoms. The Morgan fingerprint density at radius 3 is 2.30 bits per heavy atom. The fourth-order valence-corrected chi connectivity index (χ4v) is 4.26. The van der Waals surface area contributed by atoms with Gasteiger partial charge in [0.25, 0.3) is 0 Å². The molecule has 0 unspecified atom stereocenters. The first-order chi connectivity index (χ1) is 9.23. The summed E-state index contributed by atoms with van der Waals surface area (Å²) in [7, 11) is -3.82. The van der Waals surface area contributed by atoms with E-state index >= 15 is 0 Å². The maximum absolute atomic E-state index is 12.6. The van der Waals surface area contributed by atoms with Crippen molar-refractivity contribution in [2.45, 2.75) is 11.1 Å². The van der Waals surface area contributed by atoms with Crippen LogP contribution < -0.4 is 0 Å². The molecule has 0 radical (unpaired) electrons. The van der Waals surface area contributed by atoms with E-state index in [1.54, 1.807) is 0 Å². The fourth-order valence-electron chi connectivity index (χ4n) is 1.81. The van der Waals surface area contributed by atoms with Crippen molar-refractivity contribution in [2.24, 2.45) is 0 Å². The van der Waals surface area contributed by atoms with Crippen molar-refractivity contribution in [1.29, 1.82) is 0 Å². The Morgan fingerprint density at radius 2 is 1.80 bits per heavy atom. The molecule has 2 rings (SSSR count). The number of benzene rings is 1. The van der Waals surface area contributed by atoms with E-state index in [4.69, 9.17) is 4.74 Å². The maximum Gasteiger partial charge on any atom is 0.416 e.